The summed E-state index contributed by atoms with van der Waals surface area (Å²) in [7, 11) is 0. The van der Waals surface area contributed by atoms with Gasteiger partial charge in [-0.2, -0.15) is 0 Å². The van der Waals surface area contributed by atoms with E-state index in [4.69, 9.17) is 0 Å². The van der Waals surface area contributed by atoms with Gasteiger partial charge in [-0.15, -0.1) is 20.4 Å². The number of aromatic nitrogens is 4. The predicted octanol–water partition coefficient (Wildman–Crippen LogP) is 4.09. The van der Waals surface area contributed by atoms with Gasteiger partial charge in [0.15, 0.2) is 0 Å². The second kappa shape index (κ2) is 11.9. The van der Waals surface area contributed by atoms with E-state index in [1.54, 1.807) is 0 Å². The van der Waals surface area contributed by atoms with Crippen LogP contribution in [0.1, 0.15) is 21.1 Å². The van der Waals surface area contributed by atoms with E-state index in [9.17, 15) is 9.59 Å². The Labute approximate surface area is 204 Å². The summed E-state index contributed by atoms with van der Waals surface area (Å²) >= 11 is 2.70. The van der Waals surface area contributed by atoms with Crippen molar-refractivity contribution in [1.29, 1.82) is 0 Å². The second-order valence-electron chi connectivity index (χ2n) is 7.30. The monoisotopic (exact) mass is 490 g/mol. The minimum Gasteiger partial charge on any atom is -0.300 e. The van der Waals surface area contributed by atoms with Crippen molar-refractivity contribution in [2.75, 3.05) is 10.6 Å². The van der Waals surface area contributed by atoms with Crippen LogP contribution < -0.4 is 10.6 Å². The summed E-state index contributed by atoms with van der Waals surface area (Å²) < 4.78 is 0. The lowest BCUT2D eigenvalue weighted by atomic mass is 10.1. The molecule has 0 fully saturated rings. The van der Waals surface area contributed by atoms with E-state index in [-0.39, 0.29) is 11.8 Å². The third-order valence-corrected chi connectivity index (χ3v) is 6.32. The summed E-state index contributed by atoms with van der Waals surface area (Å²) in [6.07, 6.45) is 5.76. The molecule has 2 N–H and O–H groups in total. The van der Waals surface area contributed by atoms with Gasteiger partial charge in [0.05, 0.1) is 12.8 Å². The van der Waals surface area contributed by atoms with Crippen molar-refractivity contribution in [3.63, 3.8) is 0 Å². The van der Waals surface area contributed by atoms with Crippen LogP contribution in [0, 0.1) is 0 Å². The molecular weight excluding hydrogens is 468 g/mol. The molecule has 0 aliphatic heterocycles. The number of amides is 2. The predicted molar refractivity (Wildman–Crippen MR) is 134 cm³/mol. The van der Waals surface area contributed by atoms with Crippen LogP contribution in [0.2, 0.25) is 0 Å². The summed E-state index contributed by atoms with van der Waals surface area (Å²) in [5, 5.41) is 24.5. The second-order valence-corrected chi connectivity index (χ2v) is 9.43. The molecule has 4 rings (SSSR count). The van der Waals surface area contributed by atoms with Crippen molar-refractivity contribution in [1.82, 2.24) is 20.4 Å². The maximum atomic E-state index is 12.1. The first-order chi connectivity index (χ1) is 16.6. The minimum absolute atomic E-state index is 0.118. The highest BCUT2D eigenvalue weighted by atomic mass is 32.1. The van der Waals surface area contributed by atoms with Crippen LogP contribution in [0.4, 0.5) is 10.3 Å². The zero-order valence-electron chi connectivity index (χ0n) is 18.2. The van der Waals surface area contributed by atoms with Gasteiger partial charge < -0.3 is 10.6 Å². The van der Waals surface area contributed by atoms with Gasteiger partial charge in [-0.25, -0.2) is 0 Å². The average molecular weight is 491 g/mol. The average Bonchev–Trinajstić information content (AvgIpc) is 3.47. The lowest BCUT2D eigenvalue weighted by Crippen LogP contribution is -2.14. The van der Waals surface area contributed by atoms with Gasteiger partial charge in [-0.3, -0.25) is 9.59 Å². The molecule has 10 heteroatoms. The van der Waals surface area contributed by atoms with E-state index in [0.717, 1.165) is 21.1 Å². The molecule has 0 aliphatic rings. The molecule has 0 saturated carbocycles. The molecule has 4 aromatic rings. The number of benzene rings is 2. The molecule has 0 bridgehead atoms. The molecule has 0 spiro atoms. The first-order valence-corrected chi connectivity index (χ1v) is 12.2. The molecule has 2 aromatic carbocycles. The number of anilines is 2. The van der Waals surface area contributed by atoms with Crippen molar-refractivity contribution in [3.8, 4) is 0 Å². The molecular formula is C24H22N6O2S2. The highest BCUT2D eigenvalue weighted by Crippen LogP contribution is 2.18. The molecule has 2 heterocycles. The van der Waals surface area contributed by atoms with E-state index >= 15 is 0 Å². The third kappa shape index (κ3) is 7.39. The summed E-state index contributed by atoms with van der Waals surface area (Å²) in [5.74, 6) is -0.236. The van der Waals surface area contributed by atoms with Gasteiger partial charge >= 0.3 is 0 Å². The molecule has 0 atom stereocenters. The van der Waals surface area contributed by atoms with E-state index < -0.39 is 0 Å². The van der Waals surface area contributed by atoms with Crippen LogP contribution in [0.25, 0.3) is 0 Å². The van der Waals surface area contributed by atoms with Crippen LogP contribution in [-0.4, -0.2) is 32.2 Å². The van der Waals surface area contributed by atoms with E-state index in [1.165, 1.54) is 22.7 Å². The van der Waals surface area contributed by atoms with Crippen LogP contribution in [-0.2, 0) is 35.3 Å². The smallest absolute Gasteiger partial charge is 0.230 e. The Kier molecular flexibility index (Phi) is 8.20. The SMILES string of the molecule is O=C(Cc1ccccc1)Nc1nnc(CC=CCc2nnc(NC(=O)Cc3ccccc3)s2)s1. The molecule has 34 heavy (non-hydrogen) atoms. The third-order valence-electron chi connectivity index (χ3n) is 4.59. The summed E-state index contributed by atoms with van der Waals surface area (Å²) in [6.45, 7) is 0. The quantitative estimate of drug-likeness (QED) is 0.324. The Hall–Kier alpha value is -3.76. The number of nitrogens with zero attached hydrogens (tertiary/aromatic N) is 4. The van der Waals surface area contributed by atoms with Gasteiger partial charge in [-0.1, -0.05) is 95.5 Å². The van der Waals surface area contributed by atoms with Crippen LogP contribution >= 0.6 is 22.7 Å². The Balaban J connectivity index is 1.19. The Morgan fingerprint density at radius 2 is 1.06 bits per heavy atom. The first kappa shape index (κ1) is 23.4. The fraction of sp³-hybridized carbons (Fsp3) is 0.167. The molecule has 2 aromatic heterocycles. The Morgan fingerprint density at radius 1 is 0.647 bits per heavy atom. The number of hydrogen-bond acceptors (Lipinski definition) is 8. The van der Waals surface area contributed by atoms with E-state index in [1.807, 2.05) is 72.8 Å². The molecule has 0 aliphatic carbocycles. The number of carbonyl (C=O) groups is 2. The molecule has 172 valence electrons. The minimum atomic E-state index is -0.118. The molecule has 2 amide bonds. The van der Waals surface area contributed by atoms with E-state index in [0.29, 0.717) is 35.9 Å². The first-order valence-electron chi connectivity index (χ1n) is 10.6. The lowest BCUT2D eigenvalue weighted by Gasteiger charge is -2.00. The van der Waals surface area contributed by atoms with Crippen molar-refractivity contribution < 1.29 is 9.59 Å². The number of carbonyl (C=O) groups excluding carboxylic acids is 2. The van der Waals surface area contributed by atoms with Crippen molar-refractivity contribution >= 4 is 44.8 Å². The maximum absolute atomic E-state index is 12.1. The molecule has 8 nitrogen and oxygen atoms in total. The fourth-order valence-corrected chi connectivity index (χ4v) is 4.49. The number of rotatable bonds is 10. The molecule has 0 unspecified atom stereocenters. The number of hydrogen-bond donors (Lipinski definition) is 2. The zero-order valence-corrected chi connectivity index (χ0v) is 19.8. The highest BCUT2D eigenvalue weighted by Gasteiger charge is 2.10. The maximum Gasteiger partial charge on any atom is 0.230 e. The fourth-order valence-electron chi connectivity index (χ4n) is 3.03. The standard InChI is InChI=1S/C24H22N6O2S2/c31-19(15-17-9-3-1-4-10-17)25-23-29-27-21(33-23)13-7-8-14-22-28-30-24(34-22)26-20(32)16-18-11-5-2-6-12-18/h1-12H,13-16H2,(H,25,29,31)(H,26,30,32). The highest BCUT2D eigenvalue weighted by molar-refractivity contribution is 7.15. The van der Waals surface area contributed by atoms with Crippen LogP contribution in [0.15, 0.2) is 72.8 Å². The van der Waals surface area contributed by atoms with Crippen molar-refractivity contribution in [2.45, 2.75) is 25.7 Å². The summed E-state index contributed by atoms with van der Waals surface area (Å²) in [6, 6.07) is 19.1. The lowest BCUT2D eigenvalue weighted by molar-refractivity contribution is -0.116. The number of allylic oxidation sites excluding steroid dienone is 2. The van der Waals surface area contributed by atoms with Crippen LogP contribution in [0.3, 0.4) is 0 Å². The molecule has 0 saturated heterocycles. The van der Waals surface area contributed by atoms with Gasteiger partial charge in [0.2, 0.25) is 22.1 Å². The van der Waals surface area contributed by atoms with Crippen LogP contribution in [0.5, 0.6) is 0 Å². The summed E-state index contributed by atoms with van der Waals surface area (Å²) in [5.41, 5.74) is 1.89. The van der Waals surface area contributed by atoms with Crippen molar-refractivity contribution in [3.05, 3.63) is 94.0 Å². The summed E-state index contributed by atoms with van der Waals surface area (Å²) in [4.78, 5) is 24.3. The topological polar surface area (TPSA) is 110 Å². The zero-order chi connectivity index (χ0) is 23.6. The number of nitrogens with one attached hydrogen (secondary N) is 2. The van der Waals surface area contributed by atoms with Gasteiger partial charge in [0.1, 0.15) is 10.0 Å². The van der Waals surface area contributed by atoms with Gasteiger partial charge in [0, 0.05) is 12.8 Å². The van der Waals surface area contributed by atoms with Crippen molar-refractivity contribution in [2.24, 2.45) is 0 Å². The van der Waals surface area contributed by atoms with Gasteiger partial charge in [-0.05, 0) is 11.1 Å². The Bertz CT molecular complexity index is 1160. The molecule has 0 radical (unpaired) electrons. The Morgan fingerprint density at radius 3 is 1.47 bits per heavy atom. The largest absolute Gasteiger partial charge is 0.300 e. The van der Waals surface area contributed by atoms with Gasteiger partial charge in [0.25, 0.3) is 0 Å². The normalized spacial score (nSPS) is 10.9. The van der Waals surface area contributed by atoms with E-state index in [2.05, 4.69) is 31.0 Å².